The fourth-order valence-electron chi connectivity index (χ4n) is 1.93. The lowest BCUT2D eigenvalue weighted by atomic mass is 9.89. The van der Waals surface area contributed by atoms with Crippen molar-refractivity contribution in [3.8, 4) is 0 Å². The molecule has 1 nitrogen and oxygen atoms in total. The number of hydrogen-bond donors (Lipinski definition) is 0. The van der Waals surface area contributed by atoms with Crippen LogP contribution < -0.4 is 0 Å². The zero-order valence-electron chi connectivity index (χ0n) is 9.31. The van der Waals surface area contributed by atoms with E-state index in [1.54, 1.807) is 0 Å². The molecule has 0 amide bonds. The van der Waals surface area contributed by atoms with Crippen LogP contribution in [0.5, 0.6) is 0 Å². The molecule has 0 heterocycles. The van der Waals surface area contributed by atoms with Crippen molar-refractivity contribution in [3.05, 3.63) is 0 Å². The van der Waals surface area contributed by atoms with Gasteiger partial charge in [0, 0.05) is 5.92 Å². The van der Waals surface area contributed by atoms with Crippen molar-refractivity contribution in [2.75, 3.05) is 0 Å². The van der Waals surface area contributed by atoms with Gasteiger partial charge in [0.15, 0.2) is 11.5 Å². The molecule has 1 saturated carbocycles. The van der Waals surface area contributed by atoms with E-state index in [2.05, 4.69) is 13.8 Å². The van der Waals surface area contributed by atoms with Gasteiger partial charge in [-0.2, -0.15) is 0 Å². The predicted molar refractivity (Wildman–Crippen MR) is 56.0 cm³/mol. The Morgan fingerprint density at radius 1 is 1.29 bits per heavy atom. The Morgan fingerprint density at radius 3 is 2.36 bits per heavy atom. The molecular formula is C12H21FO. The van der Waals surface area contributed by atoms with Crippen molar-refractivity contribution < 1.29 is 9.18 Å². The zero-order chi connectivity index (χ0) is 10.6. The molecule has 0 N–H and O–H groups in total. The van der Waals surface area contributed by atoms with Crippen molar-refractivity contribution in [1.29, 1.82) is 0 Å². The molecule has 1 atom stereocenters. The molecule has 0 aliphatic heterocycles. The van der Waals surface area contributed by atoms with Crippen LogP contribution in [-0.2, 0) is 4.79 Å². The maximum atomic E-state index is 13.5. The Bertz CT molecular complexity index is 196. The third kappa shape index (κ3) is 2.79. The van der Waals surface area contributed by atoms with Gasteiger partial charge in [-0.25, -0.2) is 4.39 Å². The van der Waals surface area contributed by atoms with Gasteiger partial charge >= 0.3 is 0 Å². The summed E-state index contributed by atoms with van der Waals surface area (Å²) in [4.78, 5) is 11.7. The first kappa shape index (κ1) is 11.7. The molecule has 0 aromatic heterocycles. The van der Waals surface area contributed by atoms with Crippen molar-refractivity contribution in [2.45, 2.75) is 64.5 Å². The number of carbonyl (C=O) groups excluding carboxylic acids is 1. The monoisotopic (exact) mass is 200 g/mol. The van der Waals surface area contributed by atoms with E-state index in [0.717, 1.165) is 32.1 Å². The average molecular weight is 200 g/mol. The summed E-state index contributed by atoms with van der Waals surface area (Å²) in [6.07, 6.45) is 5.81. The van der Waals surface area contributed by atoms with E-state index >= 15 is 0 Å². The largest absolute Gasteiger partial charge is 0.296 e. The van der Waals surface area contributed by atoms with Crippen LogP contribution in [0.4, 0.5) is 4.39 Å². The zero-order valence-corrected chi connectivity index (χ0v) is 9.31. The van der Waals surface area contributed by atoms with Gasteiger partial charge in [0.05, 0.1) is 0 Å². The SMILES string of the molecule is CCCCC(CCC)C(=O)C1(F)CC1. The third-order valence-electron chi connectivity index (χ3n) is 3.04. The van der Waals surface area contributed by atoms with E-state index in [1.165, 1.54) is 0 Å². The Hall–Kier alpha value is -0.400. The summed E-state index contributed by atoms with van der Waals surface area (Å²) in [5, 5.41) is 0. The van der Waals surface area contributed by atoms with Crippen LogP contribution in [0.3, 0.4) is 0 Å². The number of halogens is 1. The van der Waals surface area contributed by atoms with E-state index in [1.807, 2.05) is 0 Å². The molecule has 14 heavy (non-hydrogen) atoms. The standard InChI is InChI=1S/C12H21FO/c1-3-5-7-10(6-4-2)11(14)12(13)8-9-12/h10H,3-9H2,1-2H3. The molecule has 2 heteroatoms. The molecule has 1 aliphatic carbocycles. The van der Waals surface area contributed by atoms with Crippen LogP contribution in [0.2, 0.25) is 0 Å². The van der Waals surface area contributed by atoms with E-state index in [9.17, 15) is 9.18 Å². The summed E-state index contributed by atoms with van der Waals surface area (Å²) in [6, 6.07) is 0. The molecular weight excluding hydrogens is 179 g/mol. The van der Waals surface area contributed by atoms with Crippen LogP contribution >= 0.6 is 0 Å². The Balaban J connectivity index is 2.44. The van der Waals surface area contributed by atoms with Crippen LogP contribution in [0.25, 0.3) is 0 Å². The maximum absolute atomic E-state index is 13.5. The first-order valence-corrected chi connectivity index (χ1v) is 5.87. The molecule has 0 saturated heterocycles. The van der Waals surface area contributed by atoms with Gasteiger partial charge in [0.25, 0.3) is 0 Å². The highest BCUT2D eigenvalue weighted by Gasteiger charge is 2.52. The summed E-state index contributed by atoms with van der Waals surface area (Å²) in [6.45, 7) is 4.17. The second kappa shape index (κ2) is 4.90. The van der Waals surface area contributed by atoms with Gasteiger partial charge < -0.3 is 0 Å². The summed E-state index contributed by atoms with van der Waals surface area (Å²) in [7, 11) is 0. The fourth-order valence-corrected chi connectivity index (χ4v) is 1.93. The van der Waals surface area contributed by atoms with E-state index in [0.29, 0.717) is 12.8 Å². The van der Waals surface area contributed by atoms with Crippen molar-refractivity contribution in [1.82, 2.24) is 0 Å². The van der Waals surface area contributed by atoms with E-state index < -0.39 is 5.67 Å². The lowest BCUT2D eigenvalue weighted by Gasteiger charge is -2.16. The molecule has 82 valence electrons. The van der Waals surface area contributed by atoms with Gasteiger partial charge in [0.2, 0.25) is 0 Å². The number of carbonyl (C=O) groups is 1. The normalized spacial score (nSPS) is 20.5. The van der Waals surface area contributed by atoms with Gasteiger partial charge in [0.1, 0.15) is 0 Å². The first-order valence-electron chi connectivity index (χ1n) is 5.87. The topological polar surface area (TPSA) is 17.1 Å². The van der Waals surface area contributed by atoms with Gasteiger partial charge in [-0.15, -0.1) is 0 Å². The van der Waals surface area contributed by atoms with Crippen LogP contribution in [0.15, 0.2) is 0 Å². The molecule has 0 bridgehead atoms. The summed E-state index contributed by atoms with van der Waals surface area (Å²) in [5.41, 5.74) is -1.41. The smallest absolute Gasteiger partial charge is 0.173 e. The number of alkyl halides is 1. The summed E-state index contributed by atoms with van der Waals surface area (Å²) < 4.78 is 13.5. The lowest BCUT2D eigenvalue weighted by molar-refractivity contribution is -0.129. The number of rotatable bonds is 7. The average Bonchev–Trinajstić information content (AvgIpc) is 2.91. The molecule has 1 aliphatic rings. The maximum Gasteiger partial charge on any atom is 0.173 e. The molecule has 0 spiro atoms. The number of ketones is 1. The Labute approximate surface area is 86.1 Å². The minimum absolute atomic E-state index is 0.00699. The van der Waals surface area contributed by atoms with Crippen LogP contribution in [-0.4, -0.2) is 11.5 Å². The Kier molecular flexibility index (Phi) is 4.09. The minimum Gasteiger partial charge on any atom is -0.296 e. The van der Waals surface area contributed by atoms with E-state index in [-0.39, 0.29) is 11.7 Å². The number of Topliss-reactive ketones (excluding diaryl/α,β-unsaturated/α-hetero) is 1. The quantitative estimate of drug-likeness (QED) is 0.613. The molecule has 0 radical (unpaired) electrons. The fraction of sp³-hybridized carbons (Fsp3) is 0.917. The Morgan fingerprint density at radius 2 is 1.93 bits per heavy atom. The van der Waals surface area contributed by atoms with Gasteiger partial charge in [-0.3, -0.25) is 4.79 Å². The third-order valence-corrected chi connectivity index (χ3v) is 3.04. The highest BCUT2D eigenvalue weighted by molar-refractivity contribution is 5.91. The summed E-state index contributed by atoms with van der Waals surface area (Å²) in [5.74, 6) is -0.111. The van der Waals surface area contributed by atoms with Crippen molar-refractivity contribution in [3.63, 3.8) is 0 Å². The second-order valence-electron chi connectivity index (χ2n) is 4.46. The molecule has 1 unspecified atom stereocenters. The number of hydrogen-bond acceptors (Lipinski definition) is 1. The van der Waals surface area contributed by atoms with Crippen molar-refractivity contribution in [2.24, 2.45) is 5.92 Å². The second-order valence-corrected chi connectivity index (χ2v) is 4.46. The van der Waals surface area contributed by atoms with Crippen molar-refractivity contribution >= 4 is 5.78 Å². The van der Waals surface area contributed by atoms with Gasteiger partial charge in [-0.05, 0) is 25.7 Å². The highest BCUT2D eigenvalue weighted by Crippen LogP contribution is 2.43. The molecule has 0 aromatic rings. The highest BCUT2D eigenvalue weighted by atomic mass is 19.1. The summed E-state index contributed by atoms with van der Waals surface area (Å²) >= 11 is 0. The van der Waals surface area contributed by atoms with Crippen LogP contribution in [0, 0.1) is 5.92 Å². The predicted octanol–water partition coefficient (Wildman–Crippen LogP) is 3.66. The van der Waals surface area contributed by atoms with Crippen LogP contribution in [0.1, 0.15) is 58.8 Å². The minimum atomic E-state index is -1.41. The molecule has 1 rings (SSSR count). The lowest BCUT2D eigenvalue weighted by Crippen LogP contribution is -2.26. The first-order chi connectivity index (χ1) is 6.64. The molecule has 0 aromatic carbocycles. The number of unbranched alkanes of at least 4 members (excludes halogenated alkanes) is 1. The molecule has 1 fully saturated rings. The van der Waals surface area contributed by atoms with Gasteiger partial charge in [-0.1, -0.05) is 33.1 Å². The van der Waals surface area contributed by atoms with E-state index in [4.69, 9.17) is 0 Å².